The van der Waals surface area contributed by atoms with Crippen LogP contribution in [0, 0.1) is 6.92 Å². The van der Waals surface area contributed by atoms with Crippen molar-refractivity contribution in [1.82, 2.24) is 0 Å². The van der Waals surface area contributed by atoms with Gasteiger partial charge in [0, 0.05) is 7.11 Å². The van der Waals surface area contributed by atoms with E-state index in [0.29, 0.717) is 9.80 Å². The van der Waals surface area contributed by atoms with Gasteiger partial charge in [0.2, 0.25) is 9.84 Å². The van der Waals surface area contributed by atoms with Crippen molar-refractivity contribution in [3.8, 4) is 0 Å². The number of ether oxygens (including phenoxy) is 1. The molecule has 0 aliphatic heterocycles. The lowest BCUT2D eigenvalue weighted by Gasteiger charge is -2.06. The van der Waals surface area contributed by atoms with Crippen molar-refractivity contribution in [2.24, 2.45) is 0 Å². The van der Waals surface area contributed by atoms with E-state index >= 15 is 0 Å². The first-order valence-corrected chi connectivity index (χ1v) is 8.68. The van der Waals surface area contributed by atoms with E-state index in [4.69, 9.17) is 4.74 Å². The van der Waals surface area contributed by atoms with Crippen molar-refractivity contribution in [3.05, 3.63) is 53.0 Å². The second kappa shape index (κ2) is 8.80. The first-order chi connectivity index (χ1) is 10.0. The zero-order valence-corrected chi connectivity index (χ0v) is 13.8. The van der Waals surface area contributed by atoms with Gasteiger partial charge in [0.05, 0.1) is 16.4 Å². The number of hydrogen-bond donors (Lipinski definition) is 0. The maximum absolute atomic E-state index is 12.6. The number of unbranched alkanes of at least 4 members (excludes halogenated alkanes) is 2. The van der Waals surface area contributed by atoms with Crippen molar-refractivity contribution in [2.75, 3.05) is 13.7 Å². The van der Waals surface area contributed by atoms with E-state index in [1.54, 1.807) is 31.4 Å². The Labute approximate surface area is 128 Å². The van der Waals surface area contributed by atoms with Gasteiger partial charge in [0.1, 0.15) is 0 Å². The van der Waals surface area contributed by atoms with Crippen LogP contribution in [-0.4, -0.2) is 22.1 Å². The van der Waals surface area contributed by atoms with Gasteiger partial charge in [-0.2, -0.15) is 0 Å². The van der Waals surface area contributed by atoms with Crippen LogP contribution in [0.25, 0.3) is 0 Å². The molecule has 0 radical (unpaired) electrons. The second-order valence-corrected chi connectivity index (χ2v) is 6.87. The molecule has 0 fully saturated rings. The maximum atomic E-state index is 12.6. The molecule has 0 spiro atoms. The van der Waals surface area contributed by atoms with Crippen LogP contribution in [-0.2, 0) is 14.6 Å². The van der Waals surface area contributed by atoms with Gasteiger partial charge in [-0.15, -0.1) is 0 Å². The third-order valence-electron chi connectivity index (χ3n) is 3.10. The fourth-order valence-corrected chi connectivity index (χ4v) is 3.14. The predicted octanol–water partition coefficient (Wildman–Crippen LogP) is 4.05. The van der Waals surface area contributed by atoms with Gasteiger partial charge in [-0.25, -0.2) is 8.42 Å². The third kappa shape index (κ3) is 5.48. The SMILES string of the molecule is CCCC/C=C/C(=C/COC)S(=O)(=O)c1ccc(C)cc1. The summed E-state index contributed by atoms with van der Waals surface area (Å²) in [5.41, 5.74) is 1.04. The molecule has 1 aromatic carbocycles. The fourth-order valence-electron chi connectivity index (χ4n) is 1.81. The normalized spacial score (nSPS) is 13.0. The lowest BCUT2D eigenvalue weighted by Crippen LogP contribution is -2.04. The van der Waals surface area contributed by atoms with Crippen LogP contribution in [0.2, 0.25) is 0 Å². The molecule has 1 aromatic rings. The Morgan fingerprint density at radius 3 is 2.48 bits per heavy atom. The molecule has 0 aromatic heterocycles. The van der Waals surface area contributed by atoms with E-state index in [2.05, 4.69) is 6.92 Å². The van der Waals surface area contributed by atoms with Crippen LogP contribution in [0.3, 0.4) is 0 Å². The molecular formula is C17H24O3S. The zero-order chi connectivity index (χ0) is 15.7. The number of hydrogen-bond acceptors (Lipinski definition) is 3. The van der Waals surface area contributed by atoms with Crippen LogP contribution in [0.4, 0.5) is 0 Å². The lowest BCUT2D eigenvalue weighted by atomic mass is 10.2. The van der Waals surface area contributed by atoms with E-state index in [1.807, 2.05) is 25.1 Å². The molecule has 3 nitrogen and oxygen atoms in total. The Morgan fingerprint density at radius 2 is 1.90 bits per heavy atom. The molecule has 116 valence electrons. The molecule has 0 aliphatic rings. The van der Waals surface area contributed by atoms with E-state index in [0.717, 1.165) is 24.8 Å². The van der Waals surface area contributed by atoms with Gasteiger partial charge >= 0.3 is 0 Å². The molecular weight excluding hydrogens is 284 g/mol. The van der Waals surface area contributed by atoms with Crippen LogP contribution < -0.4 is 0 Å². The third-order valence-corrected chi connectivity index (χ3v) is 4.92. The molecule has 0 aliphatic carbocycles. The molecule has 0 N–H and O–H groups in total. The highest BCUT2D eigenvalue weighted by molar-refractivity contribution is 7.95. The Bertz CT molecular complexity index is 581. The molecule has 4 heteroatoms. The maximum Gasteiger partial charge on any atom is 0.206 e. The molecule has 0 amide bonds. The van der Waals surface area contributed by atoms with Crippen molar-refractivity contribution in [3.63, 3.8) is 0 Å². The molecule has 0 unspecified atom stereocenters. The number of benzene rings is 1. The first-order valence-electron chi connectivity index (χ1n) is 7.19. The van der Waals surface area contributed by atoms with Crippen molar-refractivity contribution in [1.29, 1.82) is 0 Å². The molecule has 1 rings (SSSR count). The topological polar surface area (TPSA) is 43.4 Å². The van der Waals surface area contributed by atoms with Crippen molar-refractivity contribution in [2.45, 2.75) is 38.0 Å². The zero-order valence-electron chi connectivity index (χ0n) is 13.0. The molecule has 0 heterocycles. The van der Waals surface area contributed by atoms with Crippen molar-refractivity contribution < 1.29 is 13.2 Å². The number of methoxy groups -OCH3 is 1. The summed E-state index contributed by atoms with van der Waals surface area (Å²) in [6.07, 6.45) is 8.23. The summed E-state index contributed by atoms with van der Waals surface area (Å²) in [6.45, 7) is 4.32. The minimum Gasteiger partial charge on any atom is -0.381 e. The Hall–Kier alpha value is -1.39. The predicted molar refractivity (Wildman–Crippen MR) is 87.0 cm³/mol. The van der Waals surface area contributed by atoms with Gasteiger partial charge in [0.25, 0.3) is 0 Å². The average Bonchev–Trinajstić information content (AvgIpc) is 2.46. The summed E-state index contributed by atoms with van der Waals surface area (Å²) in [5, 5.41) is 0. The van der Waals surface area contributed by atoms with E-state index in [1.165, 1.54) is 0 Å². The summed E-state index contributed by atoms with van der Waals surface area (Å²) in [4.78, 5) is 0.611. The number of sulfone groups is 1. The van der Waals surface area contributed by atoms with Gasteiger partial charge in [-0.05, 0) is 37.6 Å². The largest absolute Gasteiger partial charge is 0.381 e. The molecule has 0 atom stereocenters. The summed E-state index contributed by atoms with van der Waals surface area (Å²) in [6, 6.07) is 6.90. The summed E-state index contributed by atoms with van der Waals surface area (Å²) < 4.78 is 30.3. The van der Waals surface area contributed by atoms with Crippen molar-refractivity contribution >= 4 is 9.84 Å². The summed E-state index contributed by atoms with van der Waals surface area (Å²) >= 11 is 0. The number of allylic oxidation sites excluding steroid dienone is 2. The van der Waals surface area contributed by atoms with Crippen LogP contribution in [0.1, 0.15) is 31.7 Å². The number of aryl methyl sites for hydroxylation is 1. The highest BCUT2D eigenvalue weighted by Gasteiger charge is 2.18. The van der Waals surface area contributed by atoms with Gasteiger partial charge in [0.15, 0.2) is 0 Å². The van der Waals surface area contributed by atoms with Crippen LogP contribution in [0.5, 0.6) is 0 Å². The summed E-state index contributed by atoms with van der Waals surface area (Å²) in [7, 11) is -1.93. The van der Waals surface area contributed by atoms with E-state index in [-0.39, 0.29) is 6.61 Å². The minimum atomic E-state index is -3.48. The fraction of sp³-hybridized carbons (Fsp3) is 0.412. The highest BCUT2D eigenvalue weighted by atomic mass is 32.2. The molecule has 0 saturated carbocycles. The Kier molecular flexibility index (Phi) is 7.40. The quantitative estimate of drug-likeness (QED) is 0.537. The standard InChI is InChI=1S/C17H24O3S/c1-4-5-6-7-8-16(13-14-20-3)21(18,19)17-11-9-15(2)10-12-17/h7-13H,4-6,14H2,1-3H3/b8-7+,16-13-. The average molecular weight is 308 g/mol. The summed E-state index contributed by atoms with van der Waals surface area (Å²) in [5.74, 6) is 0. The second-order valence-electron chi connectivity index (χ2n) is 4.92. The first kappa shape index (κ1) is 17.7. The Morgan fingerprint density at radius 1 is 1.24 bits per heavy atom. The molecule has 0 bridgehead atoms. The van der Waals surface area contributed by atoms with Gasteiger partial charge in [-0.3, -0.25) is 0 Å². The highest BCUT2D eigenvalue weighted by Crippen LogP contribution is 2.21. The molecule has 21 heavy (non-hydrogen) atoms. The van der Waals surface area contributed by atoms with E-state index in [9.17, 15) is 8.42 Å². The van der Waals surface area contributed by atoms with Gasteiger partial charge < -0.3 is 4.74 Å². The number of rotatable bonds is 8. The van der Waals surface area contributed by atoms with E-state index < -0.39 is 9.84 Å². The minimum absolute atomic E-state index is 0.276. The van der Waals surface area contributed by atoms with Crippen LogP contribution in [0.15, 0.2) is 52.3 Å². The smallest absolute Gasteiger partial charge is 0.206 e. The van der Waals surface area contributed by atoms with Crippen LogP contribution >= 0.6 is 0 Å². The monoisotopic (exact) mass is 308 g/mol. The molecule has 0 saturated heterocycles. The van der Waals surface area contributed by atoms with Gasteiger partial charge in [-0.1, -0.05) is 43.5 Å². The Balaban J connectivity index is 3.06. The lowest BCUT2D eigenvalue weighted by molar-refractivity contribution is 0.233.